The first-order chi connectivity index (χ1) is 16.0. The standard InChI is InChI=1S/C25H25N3O6/c1-5-25(32)17-9-18-21-14(11-28(18)22(30)16(17)12-33-23(25)31)8-15-19(29)7-6-13(20(15)27-21)10-26-34-24(2,3)4/h6-10,29,32H,5,11-12H2,1-4H3/b26-10+/t25-/m0/s1. The number of oxime groups is 1. The summed E-state index contributed by atoms with van der Waals surface area (Å²) in [5.74, 6) is -0.708. The Bertz CT molecular complexity index is 1450. The Morgan fingerprint density at radius 2 is 2.06 bits per heavy atom. The summed E-state index contributed by atoms with van der Waals surface area (Å²) in [6.07, 6.45) is 1.61. The number of aliphatic hydroxyl groups is 1. The lowest BCUT2D eigenvalue weighted by Crippen LogP contribution is -2.44. The van der Waals surface area contributed by atoms with E-state index in [0.717, 1.165) is 5.56 Å². The number of aromatic nitrogens is 2. The third-order valence-electron chi connectivity index (χ3n) is 6.20. The van der Waals surface area contributed by atoms with Gasteiger partial charge in [0.15, 0.2) is 5.60 Å². The van der Waals surface area contributed by atoms with E-state index in [4.69, 9.17) is 14.6 Å². The second-order valence-corrected chi connectivity index (χ2v) is 9.61. The van der Waals surface area contributed by atoms with Gasteiger partial charge in [-0.15, -0.1) is 0 Å². The van der Waals surface area contributed by atoms with E-state index in [1.54, 1.807) is 35.8 Å². The van der Waals surface area contributed by atoms with Crippen molar-refractivity contribution in [1.29, 1.82) is 0 Å². The maximum atomic E-state index is 13.3. The molecule has 2 aliphatic rings. The predicted molar refractivity (Wildman–Crippen MR) is 125 cm³/mol. The number of carbonyl (C=O) groups excluding carboxylic acids is 1. The number of carbonyl (C=O) groups is 1. The van der Waals surface area contributed by atoms with Crippen LogP contribution in [-0.2, 0) is 33.1 Å². The maximum Gasteiger partial charge on any atom is 0.343 e. The molecule has 2 aliphatic heterocycles. The molecule has 1 aromatic carbocycles. The largest absolute Gasteiger partial charge is 0.507 e. The van der Waals surface area contributed by atoms with Crippen molar-refractivity contribution in [2.75, 3.05) is 0 Å². The van der Waals surface area contributed by atoms with E-state index in [-0.39, 0.29) is 42.0 Å². The minimum absolute atomic E-state index is 0.0566. The SMILES string of the molecule is CC[C@@]1(O)C(=O)OCc2c1cc1n(c2=O)Cc2cc3c(O)ccc(/C=N/OC(C)(C)C)c3nc2-1. The van der Waals surface area contributed by atoms with Gasteiger partial charge in [-0.3, -0.25) is 4.79 Å². The van der Waals surface area contributed by atoms with Gasteiger partial charge < -0.3 is 24.4 Å². The summed E-state index contributed by atoms with van der Waals surface area (Å²) in [5, 5.41) is 26.1. The summed E-state index contributed by atoms with van der Waals surface area (Å²) in [6.45, 7) is 7.38. The normalized spacial score (nSPS) is 19.1. The molecule has 0 amide bonds. The fourth-order valence-electron chi connectivity index (χ4n) is 4.42. The molecule has 1 atom stereocenters. The molecule has 0 bridgehead atoms. The lowest BCUT2D eigenvalue weighted by atomic mass is 9.86. The average molecular weight is 463 g/mol. The highest BCUT2D eigenvalue weighted by atomic mass is 16.6. The summed E-state index contributed by atoms with van der Waals surface area (Å²) < 4.78 is 6.66. The molecule has 176 valence electrons. The van der Waals surface area contributed by atoms with Gasteiger partial charge in [0.25, 0.3) is 5.56 Å². The van der Waals surface area contributed by atoms with Gasteiger partial charge in [-0.2, -0.15) is 0 Å². The quantitative estimate of drug-likeness (QED) is 0.272. The third kappa shape index (κ3) is 3.27. The number of fused-ring (bicyclic) bond motifs is 5. The number of esters is 1. The Morgan fingerprint density at radius 1 is 1.29 bits per heavy atom. The number of hydrogen-bond donors (Lipinski definition) is 2. The van der Waals surface area contributed by atoms with E-state index in [1.165, 1.54) is 6.21 Å². The molecule has 0 radical (unpaired) electrons. The van der Waals surface area contributed by atoms with Crippen LogP contribution in [0, 0.1) is 0 Å². The Labute approximate surface area is 195 Å². The second kappa shape index (κ2) is 7.39. The van der Waals surface area contributed by atoms with Crippen LogP contribution in [0.15, 0.2) is 34.2 Å². The molecule has 9 nitrogen and oxygen atoms in total. The first-order valence-corrected chi connectivity index (χ1v) is 11.1. The highest BCUT2D eigenvalue weighted by Crippen LogP contribution is 2.39. The predicted octanol–water partition coefficient (Wildman–Crippen LogP) is 2.93. The van der Waals surface area contributed by atoms with Crippen molar-refractivity contribution in [3.8, 4) is 17.1 Å². The fourth-order valence-corrected chi connectivity index (χ4v) is 4.42. The Hall–Kier alpha value is -3.72. The van der Waals surface area contributed by atoms with E-state index in [9.17, 15) is 19.8 Å². The zero-order chi connectivity index (χ0) is 24.4. The van der Waals surface area contributed by atoms with Crippen molar-refractivity contribution >= 4 is 23.1 Å². The number of hydrogen-bond acceptors (Lipinski definition) is 8. The molecule has 9 heteroatoms. The molecule has 0 saturated carbocycles. The minimum atomic E-state index is -1.89. The van der Waals surface area contributed by atoms with Crippen LogP contribution in [0.4, 0.5) is 0 Å². The molecule has 5 rings (SSSR count). The molecule has 0 fully saturated rings. The highest BCUT2D eigenvalue weighted by molar-refractivity contribution is 6.01. The smallest absolute Gasteiger partial charge is 0.343 e. The van der Waals surface area contributed by atoms with Crippen molar-refractivity contribution in [2.24, 2.45) is 5.16 Å². The zero-order valence-corrected chi connectivity index (χ0v) is 19.4. The van der Waals surface area contributed by atoms with E-state index in [2.05, 4.69) is 5.16 Å². The van der Waals surface area contributed by atoms with Crippen LogP contribution in [0.2, 0.25) is 0 Å². The number of pyridine rings is 2. The molecule has 0 spiro atoms. The van der Waals surface area contributed by atoms with Crippen LogP contribution in [0.5, 0.6) is 5.75 Å². The molecule has 34 heavy (non-hydrogen) atoms. The zero-order valence-electron chi connectivity index (χ0n) is 19.4. The maximum absolute atomic E-state index is 13.3. The van der Waals surface area contributed by atoms with Crippen molar-refractivity contribution in [3.63, 3.8) is 0 Å². The van der Waals surface area contributed by atoms with Crippen molar-refractivity contribution < 1.29 is 24.6 Å². The van der Waals surface area contributed by atoms with Crippen LogP contribution < -0.4 is 5.56 Å². The molecule has 0 saturated heterocycles. The van der Waals surface area contributed by atoms with Gasteiger partial charge >= 0.3 is 5.97 Å². The summed E-state index contributed by atoms with van der Waals surface area (Å²) in [7, 11) is 0. The van der Waals surface area contributed by atoms with Crippen LogP contribution in [0.1, 0.15) is 56.4 Å². The van der Waals surface area contributed by atoms with E-state index in [0.29, 0.717) is 27.9 Å². The molecule has 2 aromatic heterocycles. The molecule has 2 N–H and O–H groups in total. The topological polar surface area (TPSA) is 123 Å². The Balaban J connectivity index is 1.71. The number of benzene rings is 1. The van der Waals surface area contributed by atoms with Crippen LogP contribution in [0.25, 0.3) is 22.3 Å². The third-order valence-corrected chi connectivity index (χ3v) is 6.20. The fraction of sp³-hybridized carbons (Fsp3) is 0.360. The van der Waals surface area contributed by atoms with Crippen molar-refractivity contribution in [3.05, 3.63) is 56.9 Å². The number of phenolic OH excluding ortho intramolecular Hbond substituents is 1. The highest BCUT2D eigenvalue weighted by Gasteiger charge is 2.45. The monoisotopic (exact) mass is 463 g/mol. The van der Waals surface area contributed by atoms with Gasteiger partial charge in [0.05, 0.1) is 35.2 Å². The van der Waals surface area contributed by atoms with Gasteiger partial charge in [-0.1, -0.05) is 12.1 Å². The molecule has 4 heterocycles. The van der Waals surface area contributed by atoms with Gasteiger partial charge in [0, 0.05) is 22.1 Å². The molecular weight excluding hydrogens is 438 g/mol. The first kappa shape index (κ1) is 22.1. The lowest BCUT2D eigenvalue weighted by molar-refractivity contribution is -0.172. The van der Waals surface area contributed by atoms with E-state index < -0.39 is 17.2 Å². The summed E-state index contributed by atoms with van der Waals surface area (Å²) in [6, 6.07) is 6.71. The van der Waals surface area contributed by atoms with E-state index >= 15 is 0 Å². The number of ether oxygens (including phenoxy) is 1. The van der Waals surface area contributed by atoms with Crippen LogP contribution in [-0.4, -0.2) is 37.5 Å². The van der Waals surface area contributed by atoms with Crippen LogP contribution >= 0.6 is 0 Å². The Morgan fingerprint density at radius 3 is 2.76 bits per heavy atom. The van der Waals surface area contributed by atoms with Crippen LogP contribution in [0.3, 0.4) is 0 Å². The van der Waals surface area contributed by atoms with Gasteiger partial charge in [-0.25, -0.2) is 9.78 Å². The average Bonchev–Trinajstić information content (AvgIpc) is 3.15. The number of phenols is 1. The molecule has 3 aromatic rings. The lowest BCUT2D eigenvalue weighted by Gasteiger charge is -2.31. The van der Waals surface area contributed by atoms with E-state index in [1.807, 2.05) is 20.8 Å². The van der Waals surface area contributed by atoms with Crippen molar-refractivity contribution in [2.45, 2.75) is 58.5 Å². The summed E-state index contributed by atoms with van der Waals surface area (Å²) >= 11 is 0. The van der Waals surface area contributed by atoms with Gasteiger partial charge in [0.2, 0.25) is 0 Å². The Kier molecular flexibility index (Phi) is 4.80. The minimum Gasteiger partial charge on any atom is -0.507 e. The van der Waals surface area contributed by atoms with Gasteiger partial charge in [0.1, 0.15) is 18.0 Å². The number of cyclic esters (lactones) is 1. The summed E-state index contributed by atoms with van der Waals surface area (Å²) in [4.78, 5) is 35.9. The molecule has 0 aliphatic carbocycles. The molecular formula is C25H25N3O6. The number of aromatic hydroxyl groups is 1. The molecule has 0 unspecified atom stereocenters. The van der Waals surface area contributed by atoms with Crippen molar-refractivity contribution in [1.82, 2.24) is 9.55 Å². The summed E-state index contributed by atoms with van der Waals surface area (Å²) in [5.41, 5.74) is 0.746. The van der Waals surface area contributed by atoms with Gasteiger partial charge in [-0.05, 0) is 51.5 Å². The first-order valence-electron chi connectivity index (χ1n) is 11.1. The number of nitrogens with zero attached hydrogens (tertiary/aromatic N) is 3. The second-order valence-electron chi connectivity index (χ2n) is 9.61. The number of rotatable bonds is 3.